The molecule has 0 amide bonds. The van der Waals surface area contributed by atoms with Crippen molar-refractivity contribution in [2.24, 2.45) is 0 Å². The van der Waals surface area contributed by atoms with Crippen LogP contribution in [0.4, 0.5) is 12.9 Å². The molecule has 0 aliphatic heterocycles. The van der Waals surface area contributed by atoms with E-state index in [4.69, 9.17) is 4.74 Å². The van der Waals surface area contributed by atoms with Gasteiger partial charge >= 0.3 is 58.4 Å². The summed E-state index contributed by atoms with van der Waals surface area (Å²) in [6.45, 7) is -5.07. The number of ether oxygens (including phenoxy) is 1. The molecule has 0 unspecified atom stereocenters. The first-order valence-corrected chi connectivity index (χ1v) is 5.28. The Morgan fingerprint density at radius 3 is 2.26 bits per heavy atom. The topological polar surface area (TPSA) is 9.23 Å². The first kappa shape index (κ1) is 16.6. The second-order valence-corrected chi connectivity index (χ2v) is 3.77. The van der Waals surface area contributed by atoms with E-state index < -0.39 is 6.98 Å². The predicted molar refractivity (Wildman–Crippen MR) is 66.5 cm³/mol. The summed E-state index contributed by atoms with van der Waals surface area (Å²) in [4.78, 5) is 0. The molecular weight excluding hydrogens is 279 g/mol. The number of rotatable bonds is 1. The van der Waals surface area contributed by atoms with E-state index in [1.165, 1.54) is 5.82 Å². The first-order chi connectivity index (χ1) is 8.48. The van der Waals surface area contributed by atoms with E-state index in [2.05, 4.69) is 5.92 Å². The Hall–Kier alpha value is -0.449. The summed E-state index contributed by atoms with van der Waals surface area (Å²) in [5, 5.41) is 1.73. The third-order valence-electron chi connectivity index (χ3n) is 2.43. The quantitative estimate of drug-likeness (QED) is 0.551. The molecule has 2 rings (SSSR count). The van der Waals surface area contributed by atoms with Crippen LogP contribution in [0.15, 0.2) is 36.4 Å². The normalized spacial score (nSPS) is 10.3. The maximum atomic E-state index is 12.0. The molecule has 2 aromatic rings. The summed E-state index contributed by atoms with van der Waals surface area (Å²) in [6.07, 6.45) is 0. The molecule has 0 bridgehead atoms. The summed E-state index contributed by atoms with van der Waals surface area (Å²) in [5.74, 6) is 4.15. The molecule has 6 heteroatoms. The zero-order chi connectivity index (χ0) is 13.2. The number of halogens is 3. The average molecular weight is 288 g/mol. The van der Waals surface area contributed by atoms with E-state index in [0.717, 1.165) is 10.8 Å². The van der Waals surface area contributed by atoms with Crippen LogP contribution in [-0.2, 0) is 0 Å². The van der Waals surface area contributed by atoms with Crippen LogP contribution in [0.25, 0.3) is 10.8 Å². The fourth-order valence-electron chi connectivity index (χ4n) is 1.59. The van der Waals surface area contributed by atoms with Crippen LogP contribution in [0.3, 0.4) is 0 Å². The van der Waals surface area contributed by atoms with Gasteiger partial charge in [-0.3, -0.25) is 0 Å². The van der Waals surface area contributed by atoms with E-state index in [-0.39, 0.29) is 51.4 Å². The molecule has 0 spiro atoms. The Labute approximate surface area is 152 Å². The molecule has 0 fully saturated rings. The summed E-state index contributed by atoms with van der Waals surface area (Å²) >= 11 is 0. The summed E-state index contributed by atoms with van der Waals surface area (Å²) in [7, 11) is 1.56. The van der Waals surface area contributed by atoms with Crippen LogP contribution < -0.4 is 56.1 Å². The molecule has 0 aliphatic rings. The van der Waals surface area contributed by atoms with Gasteiger partial charge in [0.1, 0.15) is 5.75 Å². The second kappa shape index (κ2) is 6.82. The van der Waals surface area contributed by atoms with Crippen molar-refractivity contribution in [1.29, 1.82) is 0 Å². The average Bonchev–Trinajstić information content (AvgIpc) is 2.34. The van der Waals surface area contributed by atoms with Crippen molar-refractivity contribution in [3.05, 3.63) is 42.0 Å². The standard InChI is InChI=1S/C13H9BF3O.K/c1-18-13-5-4-11-8-10(2-3-12(11)9-13)6-7-14(15,16)17;/h2-5,8-9H,1H3;/q-1;+1. The minimum absolute atomic E-state index is 0. The van der Waals surface area contributed by atoms with Gasteiger partial charge in [-0.05, 0) is 35.0 Å². The predicted octanol–water partition coefficient (Wildman–Crippen LogP) is 0.591. The fourth-order valence-corrected chi connectivity index (χ4v) is 1.59. The smallest absolute Gasteiger partial charge is 0.497 e. The van der Waals surface area contributed by atoms with Crippen LogP contribution in [0, 0.1) is 11.7 Å². The van der Waals surface area contributed by atoms with E-state index in [9.17, 15) is 12.9 Å². The Kier molecular flexibility index (Phi) is 5.96. The molecule has 0 aliphatic carbocycles. The molecule has 92 valence electrons. The van der Waals surface area contributed by atoms with Crippen molar-refractivity contribution in [2.75, 3.05) is 7.11 Å². The van der Waals surface area contributed by atoms with Gasteiger partial charge in [-0.1, -0.05) is 12.1 Å². The number of hydrogen-bond donors (Lipinski definition) is 0. The molecule has 0 aromatic heterocycles. The summed E-state index contributed by atoms with van der Waals surface area (Å²) < 4.78 is 41.1. The number of hydrogen-bond acceptors (Lipinski definition) is 1. The van der Waals surface area contributed by atoms with Gasteiger partial charge in [-0.2, -0.15) is 5.82 Å². The number of benzene rings is 2. The largest absolute Gasteiger partial charge is 1.00 e. The van der Waals surface area contributed by atoms with Gasteiger partial charge in [-0.15, -0.1) is 5.92 Å². The van der Waals surface area contributed by atoms with Crippen molar-refractivity contribution in [3.63, 3.8) is 0 Å². The van der Waals surface area contributed by atoms with Crippen molar-refractivity contribution < 1.29 is 69.1 Å². The first-order valence-electron chi connectivity index (χ1n) is 5.28. The summed E-state index contributed by atoms with van der Waals surface area (Å²) in [5.41, 5.74) is 0.354. The Morgan fingerprint density at radius 1 is 1.00 bits per heavy atom. The minimum atomic E-state index is -5.07. The molecule has 1 nitrogen and oxygen atoms in total. The van der Waals surface area contributed by atoms with E-state index in [1.54, 1.807) is 37.4 Å². The maximum absolute atomic E-state index is 12.0. The Balaban J connectivity index is 0.00000180. The van der Waals surface area contributed by atoms with Gasteiger partial charge in [0, 0.05) is 5.56 Å². The van der Waals surface area contributed by atoms with Crippen LogP contribution in [0.1, 0.15) is 5.56 Å². The molecule has 0 N–H and O–H groups in total. The van der Waals surface area contributed by atoms with E-state index in [1.807, 2.05) is 6.07 Å². The number of methoxy groups -OCH3 is 1. The third kappa shape index (κ3) is 4.86. The fraction of sp³-hybridized carbons (Fsp3) is 0.0769. The van der Waals surface area contributed by atoms with Gasteiger partial charge in [0.25, 0.3) is 0 Å². The molecule has 0 saturated heterocycles. The van der Waals surface area contributed by atoms with Gasteiger partial charge in [-0.25, -0.2) is 0 Å². The van der Waals surface area contributed by atoms with Crippen molar-refractivity contribution in [2.45, 2.75) is 0 Å². The molecule has 2 aromatic carbocycles. The van der Waals surface area contributed by atoms with Crippen molar-refractivity contribution in [1.82, 2.24) is 0 Å². The van der Waals surface area contributed by atoms with Gasteiger partial charge < -0.3 is 17.7 Å². The summed E-state index contributed by atoms with van der Waals surface area (Å²) in [6, 6.07) is 10.3. The molecular formula is C13H9BF3KO. The second-order valence-electron chi connectivity index (χ2n) is 3.77. The SMILES string of the molecule is COc1ccc2cc(C#C[B-](F)(F)F)ccc2c1.[K+]. The molecule has 0 atom stereocenters. The van der Waals surface area contributed by atoms with Crippen LogP contribution in [-0.4, -0.2) is 14.1 Å². The zero-order valence-electron chi connectivity index (χ0n) is 10.6. The molecule has 19 heavy (non-hydrogen) atoms. The van der Waals surface area contributed by atoms with Crippen molar-refractivity contribution in [3.8, 4) is 17.5 Å². The van der Waals surface area contributed by atoms with Crippen LogP contribution >= 0.6 is 0 Å². The third-order valence-corrected chi connectivity index (χ3v) is 2.43. The van der Waals surface area contributed by atoms with Crippen LogP contribution in [0.5, 0.6) is 5.75 Å². The Bertz CT molecular complexity index is 644. The minimum Gasteiger partial charge on any atom is -0.497 e. The Morgan fingerprint density at radius 2 is 1.63 bits per heavy atom. The van der Waals surface area contributed by atoms with Crippen molar-refractivity contribution >= 4 is 17.7 Å². The number of fused-ring (bicyclic) bond motifs is 1. The van der Waals surface area contributed by atoms with E-state index in [0.29, 0.717) is 11.3 Å². The van der Waals surface area contributed by atoms with Crippen LogP contribution in [0.2, 0.25) is 0 Å². The molecule has 0 saturated carbocycles. The zero-order valence-corrected chi connectivity index (χ0v) is 13.7. The molecule has 0 heterocycles. The maximum Gasteiger partial charge on any atom is 1.00 e. The van der Waals surface area contributed by atoms with Gasteiger partial charge in [0.15, 0.2) is 0 Å². The van der Waals surface area contributed by atoms with Gasteiger partial charge in [0.2, 0.25) is 0 Å². The molecule has 0 radical (unpaired) electrons. The monoisotopic (exact) mass is 288 g/mol. The van der Waals surface area contributed by atoms with Gasteiger partial charge in [0.05, 0.1) is 7.11 Å². The van der Waals surface area contributed by atoms with E-state index >= 15 is 0 Å².